The Labute approximate surface area is 100 Å². The summed E-state index contributed by atoms with van der Waals surface area (Å²) in [5, 5.41) is 0. The first-order chi connectivity index (χ1) is 7.71. The van der Waals surface area contributed by atoms with Crippen LogP contribution in [-0.4, -0.2) is 12.6 Å². The maximum Gasteiger partial charge on any atom is 0.309 e. The highest BCUT2D eigenvalue weighted by Crippen LogP contribution is 2.24. The van der Waals surface area contributed by atoms with E-state index in [1.54, 1.807) is 0 Å². The van der Waals surface area contributed by atoms with Crippen molar-refractivity contribution in [2.75, 3.05) is 6.61 Å². The van der Waals surface area contributed by atoms with Gasteiger partial charge in [-0.05, 0) is 32.6 Å². The average Bonchev–Trinajstić information content (AvgIpc) is 2.28. The van der Waals surface area contributed by atoms with Gasteiger partial charge in [0.1, 0.15) is 0 Å². The van der Waals surface area contributed by atoms with Crippen molar-refractivity contribution in [1.82, 2.24) is 0 Å². The zero-order chi connectivity index (χ0) is 12.4. The van der Waals surface area contributed by atoms with Crippen LogP contribution in [0.15, 0.2) is 12.2 Å². The minimum Gasteiger partial charge on any atom is -0.466 e. The maximum atomic E-state index is 11.9. The molecule has 0 heterocycles. The van der Waals surface area contributed by atoms with Gasteiger partial charge in [-0.25, -0.2) is 0 Å². The molecule has 0 aliphatic heterocycles. The fourth-order valence-electron chi connectivity index (χ4n) is 1.98. The van der Waals surface area contributed by atoms with Crippen LogP contribution in [0.1, 0.15) is 53.4 Å². The van der Waals surface area contributed by atoms with Gasteiger partial charge >= 0.3 is 5.97 Å². The monoisotopic (exact) mass is 226 g/mol. The van der Waals surface area contributed by atoms with Gasteiger partial charge in [0.25, 0.3) is 0 Å². The Morgan fingerprint density at radius 3 is 2.44 bits per heavy atom. The summed E-state index contributed by atoms with van der Waals surface area (Å²) in [6, 6.07) is 0. The number of hydrogen-bond acceptors (Lipinski definition) is 2. The van der Waals surface area contributed by atoms with Gasteiger partial charge in [0, 0.05) is 0 Å². The van der Waals surface area contributed by atoms with Crippen molar-refractivity contribution in [1.29, 1.82) is 0 Å². The summed E-state index contributed by atoms with van der Waals surface area (Å²) in [5.74, 6) is 0.345. The van der Waals surface area contributed by atoms with Crippen LogP contribution in [0, 0.1) is 11.8 Å². The van der Waals surface area contributed by atoms with Crippen molar-refractivity contribution in [3.63, 3.8) is 0 Å². The van der Waals surface area contributed by atoms with E-state index in [1.165, 1.54) is 0 Å². The molecule has 2 heteroatoms. The highest BCUT2D eigenvalue weighted by molar-refractivity contribution is 5.73. The van der Waals surface area contributed by atoms with Gasteiger partial charge in [0.2, 0.25) is 0 Å². The molecule has 94 valence electrons. The van der Waals surface area contributed by atoms with Crippen LogP contribution >= 0.6 is 0 Å². The van der Waals surface area contributed by atoms with E-state index in [4.69, 9.17) is 4.74 Å². The lowest BCUT2D eigenvalue weighted by Crippen LogP contribution is -2.24. The van der Waals surface area contributed by atoms with E-state index < -0.39 is 0 Å². The smallest absolute Gasteiger partial charge is 0.309 e. The number of carbonyl (C=O) groups is 1. The third kappa shape index (κ3) is 5.34. The number of ether oxygens (including phenoxy) is 1. The molecule has 16 heavy (non-hydrogen) atoms. The standard InChI is InChI=1S/C14H26O2/c1-5-9-11-13(14(15)16-8-4)12(7-3)10-6-2/h6,10,12-13H,5,7-9,11H2,1-4H3/b10-6+/t12-,13+/m0/s1. The first-order valence-electron chi connectivity index (χ1n) is 6.50. The molecule has 2 atom stereocenters. The van der Waals surface area contributed by atoms with Gasteiger partial charge in [-0.1, -0.05) is 38.8 Å². The highest BCUT2D eigenvalue weighted by Gasteiger charge is 2.25. The molecule has 0 aliphatic rings. The average molecular weight is 226 g/mol. The Morgan fingerprint density at radius 1 is 1.31 bits per heavy atom. The van der Waals surface area contributed by atoms with E-state index in [-0.39, 0.29) is 11.9 Å². The molecule has 0 bridgehead atoms. The summed E-state index contributed by atoms with van der Waals surface area (Å²) in [5.41, 5.74) is 0. The number of unbranched alkanes of at least 4 members (excludes halogenated alkanes) is 1. The highest BCUT2D eigenvalue weighted by atomic mass is 16.5. The van der Waals surface area contributed by atoms with E-state index in [2.05, 4.69) is 19.9 Å². The maximum absolute atomic E-state index is 11.9. The molecule has 0 amide bonds. The molecule has 0 radical (unpaired) electrons. The summed E-state index contributed by atoms with van der Waals surface area (Å²) >= 11 is 0. The summed E-state index contributed by atoms with van der Waals surface area (Å²) < 4.78 is 5.16. The van der Waals surface area contributed by atoms with Gasteiger partial charge in [-0.2, -0.15) is 0 Å². The molecule has 2 nitrogen and oxygen atoms in total. The van der Waals surface area contributed by atoms with Crippen LogP contribution in [-0.2, 0) is 9.53 Å². The third-order valence-electron chi connectivity index (χ3n) is 2.89. The van der Waals surface area contributed by atoms with Gasteiger partial charge < -0.3 is 4.74 Å². The Kier molecular flexibility index (Phi) is 8.97. The molecule has 0 saturated heterocycles. The normalized spacial score (nSPS) is 15.0. The molecular formula is C14H26O2. The van der Waals surface area contributed by atoms with Gasteiger partial charge in [-0.15, -0.1) is 0 Å². The summed E-state index contributed by atoms with van der Waals surface area (Å²) in [6.45, 7) is 8.63. The molecule has 0 spiro atoms. The topological polar surface area (TPSA) is 26.3 Å². The Balaban J connectivity index is 4.54. The minimum absolute atomic E-state index is 0.0269. The number of rotatable bonds is 8. The number of esters is 1. The molecule has 0 saturated carbocycles. The summed E-state index contributed by atoms with van der Waals surface area (Å²) in [6.07, 6.45) is 8.33. The quantitative estimate of drug-likeness (QED) is 0.462. The van der Waals surface area contributed by atoms with Crippen LogP contribution < -0.4 is 0 Å². The molecule has 0 unspecified atom stereocenters. The van der Waals surface area contributed by atoms with Crippen molar-refractivity contribution in [2.24, 2.45) is 11.8 Å². The van der Waals surface area contributed by atoms with E-state index in [0.717, 1.165) is 25.7 Å². The van der Waals surface area contributed by atoms with Gasteiger partial charge in [0.05, 0.1) is 12.5 Å². The predicted molar refractivity (Wildman–Crippen MR) is 68.2 cm³/mol. The minimum atomic E-state index is -0.0269. The van der Waals surface area contributed by atoms with Crippen molar-refractivity contribution < 1.29 is 9.53 Å². The van der Waals surface area contributed by atoms with Crippen molar-refractivity contribution in [3.8, 4) is 0 Å². The largest absolute Gasteiger partial charge is 0.466 e. The third-order valence-corrected chi connectivity index (χ3v) is 2.89. The molecule has 0 aliphatic carbocycles. The second-order valence-electron chi connectivity index (χ2n) is 4.10. The van der Waals surface area contributed by atoms with Crippen LogP contribution in [0.2, 0.25) is 0 Å². The van der Waals surface area contributed by atoms with Crippen LogP contribution in [0.5, 0.6) is 0 Å². The lowest BCUT2D eigenvalue weighted by atomic mass is 9.86. The Morgan fingerprint density at radius 2 is 2.00 bits per heavy atom. The second kappa shape index (κ2) is 9.44. The number of carbonyl (C=O) groups excluding carboxylic acids is 1. The fourth-order valence-corrected chi connectivity index (χ4v) is 1.98. The molecule has 0 aromatic carbocycles. The molecule has 0 N–H and O–H groups in total. The van der Waals surface area contributed by atoms with Gasteiger partial charge in [-0.3, -0.25) is 4.79 Å². The zero-order valence-corrected chi connectivity index (χ0v) is 11.2. The lowest BCUT2D eigenvalue weighted by Gasteiger charge is -2.21. The van der Waals surface area contributed by atoms with E-state index in [9.17, 15) is 4.79 Å². The van der Waals surface area contributed by atoms with Crippen LogP contribution in [0.4, 0.5) is 0 Å². The summed E-state index contributed by atoms with van der Waals surface area (Å²) in [4.78, 5) is 11.9. The van der Waals surface area contributed by atoms with Crippen LogP contribution in [0.25, 0.3) is 0 Å². The van der Waals surface area contributed by atoms with E-state index >= 15 is 0 Å². The van der Waals surface area contributed by atoms with Crippen LogP contribution in [0.3, 0.4) is 0 Å². The molecule has 0 fully saturated rings. The van der Waals surface area contributed by atoms with Crippen molar-refractivity contribution >= 4 is 5.97 Å². The van der Waals surface area contributed by atoms with Crippen molar-refractivity contribution in [2.45, 2.75) is 53.4 Å². The number of allylic oxidation sites excluding steroid dienone is 2. The Bertz CT molecular complexity index is 209. The summed E-state index contributed by atoms with van der Waals surface area (Å²) in [7, 11) is 0. The van der Waals surface area contributed by atoms with E-state index in [0.29, 0.717) is 12.5 Å². The first kappa shape index (κ1) is 15.2. The first-order valence-corrected chi connectivity index (χ1v) is 6.50. The molecular weight excluding hydrogens is 200 g/mol. The number of hydrogen-bond donors (Lipinski definition) is 0. The zero-order valence-electron chi connectivity index (χ0n) is 11.2. The molecule has 0 aromatic rings. The van der Waals surface area contributed by atoms with Gasteiger partial charge in [0.15, 0.2) is 0 Å². The SMILES string of the molecule is C/C=C/[C@H](CC)[C@@H](CCCC)C(=O)OCC. The second-order valence-corrected chi connectivity index (χ2v) is 4.10. The van der Waals surface area contributed by atoms with E-state index in [1.807, 2.05) is 19.9 Å². The Hall–Kier alpha value is -0.790. The molecule has 0 aromatic heterocycles. The van der Waals surface area contributed by atoms with Crippen molar-refractivity contribution in [3.05, 3.63) is 12.2 Å². The lowest BCUT2D eigenvalue weighted by molar-refractivity contribution is -0.149. The fraction of sp³-hybridized carbons (Fsp3) is 0.786. The predicted octanol–water partition coefficient (Wildman–Crippen LogP) is 3.96. The molecule has 0 rings (SSSR count).